The predicted octanol–water partition coefficient (Wildman–Crippen LogP) is 3.40. The summed E-state index contributed by atoms with van der Waals surface area (Å²) in [6.45, 7) is 5.64. The second kappa shape index (κ2) is 8.06. The summed E-state index contributed by atoms with van der Waals surface area (Å²) in [7, 11) is 0. The monoisotopic (exact) mass is 317 g/mol. The van der Waals surface area contributed by atoms with Crippen LogP contribution in [0.1, 0.15) is 48.7 Å². The van der Waals surface area contributed by atoms with E-state index >= 15 is 0 Å². The Kier molecular flexibility index (Phi) is 6.10. The van der Waals surface area contributed by atoms with Gasteiger partial charge in [-0.3, -0.25) is 4.79 Å². The fraction of sp³-hybridized carbons (Fsp3) is 0.412. The van der Waals surface area contributed by atoms with Gasteiger partial charge in [0.05, 0.1) is 0 Å². The molecule has 1 heterocycles. The third-order valence-electron chi connectivity index (χ3n) is 3.48. The van der Waals surface area contributed by atoms with E-state index in [9.17, 15) is 4.79 Å². The van der Waals surface area contributed by atoms with Gasteiger partial charge >= 0.3 is 0 Å². The van der Waals surface area contributed by atoms with Crippen molar-refractivity contribution in [3.63, 3.8) is 0 Å². The summed E-state index contributed by atoms with van der Waals surface area (Å²) in [5.74, 6) is 0.401. The van der Waals surface area contributed by atoms with Gasteiger partial charge in [0.1, 0.15) is 10.7 Å². The molecule has 0 aliphatic heterocycles. The van der Waals surface area contributed by atoms with Crippen molar-refractivity contribution >= 4 is 17.2 Å². The average molecular weight is 317 g/mol. The molecule has 0 saturated carbocycles. The number of rotatable bonds is 7. The van der Waals surface area contributed by atoms with Crippen LogP contribution in [-0.2, 0) is 0 Å². The molecule has 4 nitrogen and oxygen atoms in total. The topological polar surface area (TPSA) is 68.0 Å². The van der Waals surface area contributed by atoms with Gasteiger partial charge in [-0.1, -0.05) is 38.1 Å². The molecule has 2 rings (SSSR count). The first kappa shape index (κ1) is 16.6. The minimum absolute atomic E-state index is 0.113. The van der Waals surface area contributed by atoms with Crippen molar-refractivity contribution in [2.24, 2.45) is 5.73 Å². The number of nitrogens with one attached hydrogen (secondary N) is 1. The lowest BCUT2D eigenvalue weighted by Crippen LogP contribution is -2.25. The molecular weight excluding hydrogens is 294 g/mol. The third kappa shape index (κ3) is 4.39. The fourth-order valence-electron chi connectivity index (χ4n) is 2.08. The van der Waals surface area contributed by atoms with Crippen LogP contribution in [0.15, 0.2) is 29.6 Å². The lowest BCUT2D eigenvalue weighted by atomic mass is 10.0. The molecule has 0 saturated heterocycles. The zero-order valence-corrected chi connectivity index (χ0v) is 14.0. The Morgan fingerprint density at radius 3 is 2.64 bits per heavy atom. The van der Waals surface area contributed by atoms with E-state index in [0.717, 1.165) is 23.4 Å². The van der Waals surface area contributed by atoms with E-state index in [1.165, 1.54) is 16.9 Å². The van der Waals surface area contributed by atoms with Gasteiger partial charge in [0.25, 0.3) is 5.91 Å². The van der Waals surface area contributed by atoms with Crippen LogP contribution in [0, 0.1) is 0 Å². The molecule has 0 radical (unpaired) electrons. The molecule has 5 heteroatoms. The van der Waals surface area contributed by atoms with Gasteiger partial charge in [-0.05, 0) is 30.9 Å². The first-order valence-corrected chi connectivity index (χ1v) is 8.54. The lowest BCUT2D eigenvalue weighted by Gasteiger charge is -2.05. The maximum absolute atomic E-state index is 12.0. The summed E-state index contributed by atoms with van der Waals surface area (Å²) in [5.41, 5.74) is 8.27. The molecule has 22 heavy (non-hydrogen) atoms. The minimum Gasteiger partial charge on any atom is -0.351 e. The Morgan fingerprint density at radius 2 is 2.00 bits per heavy atom. The highest BCUT2D eigenvalue weighted by Crippen LogP contribution is 2.25. The number of carbonyl (C=O) groups excluding carboxylic acids is 1. The van der Waals surface area contributed by atoms with Crippen LogP contribution in [-0.4, -0.2) is 24.0 Å². The van der Waals surface area contributed by atoms with Gasteiger partial charge in [-0.25, -0.2) is 4.98 Å². The molecule has 0 aliphatic rings. The summed E-state index contributed by atoms with van der Waals surface area (Å²) in [5, 5.41) is 5.56. The molecule has 1 aromatic heterocycles. The van der Waals surface area contributed by atoms with Crippen molar-refractivity contribution < 1.29 is 4.79 Å². The molecule has 0 spiro atoms. The van der Waals surface area contributed by atoms with Crippen molar-refractivity contribution in [2.75, 3.05) is 13.1 Å². The number of nitrogens with two attached hydrogens (primary N) is 1. The van der Waals surface area contributed by atoms with Crippen LogP contribution in [0.5, 0.6) is 0 Å². The van der Waals surface area contributed by atoms with E-state index in [-0.39, 0.29) is 5.91 Å². The van der Waals surface area contributed by atoms with Gasteiger partial charge in [0.15, 0.2) is 0 Å². The Morgan fingerprint density at radius 1 is 1.27 bits per heavy atom. The number of thiazole rings is 1. The predicted molar refractivity (Wildman–Crippen MR) is 92.3 cm³/mol. The second-order valence-corrected chi connectivity index (χ2v) is 6.42. The molecular formula is C17H23N3OS. The first-order chi connectivity index (χ1) is 10.6. The number of unbranched alkanes of at least 4 members (excludes halogenated alkanes) is 1. The number of aromatic nitrogens is 1. The molecule has 0 fully saturated rings. The SMILES string of the molecule is CC(C)c1ccc(-c2nc(C(=O)NCCCCN)cs2)cc1. The largest absolute Gasteiger partial charge is 0.351 e. The summed E-state index contributed by atoms with van der Waals surface area (Å²) in [6.07, 6.45) is 1.82. The molecule has 0 atom stereocenters. The normalized spacial score (nSPS) is 10.9. The number of amides is 1. The van der Waals surface area contributed by atoms with Gasteiger partial charge in [0.2, 0.25) is 0 Å². The highest BCUT2D eigenvalue weighted by molar-refractivity contribution is 7.13. The van der Waals surface area contributed by atoms with E-state index < -0.39 is 0 Å². The molecule has 1 aromatic carbocycles. The van der Waals surface area contributed by atoms with Crippen LogP contribution >= 0.6 is 11.3 Å². The summed E-state index contributed by atoms with van der Waals surface area (Å²) >= 11 is 1.50. The summed E-state index contributed by atoms with van der Waals surface area (Å²) in [4.78, 5) is 16.4. The molecule has 1 amide bonds. The zero-order chi connectivity index (χ0) is 15.9. The number of hydrogen-bond acceptors (Lipinski definition) is 4. The first-order valence-electron chi connectivity index (χ1n) is 7.66. The maximum Gasteiger partial charge on any atom is 0.270 e. The van der Waals surface area contributed by atoms with Crippen molar-refractivity contribution in [1.29, 1.82) is 0 Å². The van der Waals surface area contributed by atoms with Crippen molar-refractivity contribution in [3.8, 4) is 10.6 Å². The van der Waals surface area contributed by atoms with Crippen LogP contribution in [0.3, 0.4) is 0 Å². The number of benzene rings is 1. The maximum atomic E-state index is 12.0. The van der Waals surface area contributed by atoms with E-state index in [2.05, 4.69) is 48.4 Å². The Bertz CT molecular complexity index is 605. The Balaban J connectivity index is 1.99. The fourth-order valence-corrected chi connectivity index (χ4v) is 2.89. The quantitative estimate of drug-likeness (QED) is 0.769. The molecule has 0 bridgehead atoms. The van der Waals surface area contributed by atoms with Gasteiger partial charge in [-0.2, -0.15) is 0 Å². The second-order valence-electron chi connectivity index (χ2n) is 5.57. The van der Waals surface area contributed by atoms with Crippen LogP contribution in [0.25, 0.3) is 10.6 Å². The van der Waals surface area contributed by atoms with Crippen LogP contribution < -0.4 is 11.1 Å². The molecule has 3 N–H and O–H groups in total. The number of hydrogen-bond donors (Lipinski definition) is 2. The summed E-state index contributed by atoms with van der Waals surface area (Å²) in [6, 6.07) is 8.37. The Hall–Kier alpha value is -1.72. The highest BCUT2D eigenvalue weighted by Gasteiger charge is 2.11. The highest BCUT2D eigenvalue weighted by atomic mass is 32.1. The third-order valence-corrected chi connectivity index (χ3v) is 4.37. The standard InChI is InChI=1S/C17H23N3OS/c1-12(2)13-5-7-14(8-6-13)17-20-15(11-22-17)16(21)19-10-4-3-9-18/h5-8,11-12H,3-4,9-10,18H2,1-2H3,(H,19,21). The minimum atomic E-state index is -0.113. The summed E-state index contributed by atoms with van der Waals surface area (Å²) < 4.78 is 0. The number of nitrogens with zero attached hydrogens (tertiary/aromatic N) is 1. The molecule has 0 unspecified atom stereocenters. The van der Waals surface area contributed by atoms with Gasteiger partial charge in [-0.15, -0.1) is 11.3 Å². The Labute approximate surface area is 135 Å². The van der Waals surface area contributed by atoms with Crippen molar-refractivity contribution in [1.82, 2.24) is 10.3 Å². The molecule has 118 valence electrons. The van der Waals surface area contributed by atoms with Crippen molar-refractivity contribution in [2.45, 2.75) is 32.6 Å². The molecule has 2 aromatic rings. The van der Waals surface area contributed by atoms with Crippen LogP contribution in [0.4, 0.5) is 0 Å². The molecule has 0 aliphatic carbocycles. The van der Waals surface area contributed by atoms with Crippen LogP contribution in [0.2, 0.25) is 0 Å². The number of carbonyl (C=O) groups is 1. The van der Waals surface area contributed by atoms with Gasteiger partial charge < -0.3 is 11.1 Å². The smallest absolute Gasteiger partial charge is 0.270 e. The zero-order valence-electron chi connectivity index (χ0n) is 13.1. The van der Waals surface area contributed by atoms with E-state index in [1.807, 2.05) is 5.38 Å². The van der Waals surface area contributed by atoms with E-state index in [4.69, 9.17) is 5.73 Å². The van der Waals surface area contributed by atoms with E-state index in [1.54, 1.807) is 0 Å². The average Bonchev–Trinajstić information content (AvgIpc) is 3.01. The van der Waals surface area contributed by atoms with E-state index in [0.29, 0.717) is 24.7 Å². The van der Waals surface area contributed by atoms with Crippen molar-refractivity contribution in [3.05, 3.63) is 40.9 Å². The van der Waals surface area contributed by atoms with Gasteiger partial charge in [0, 0.05) is 17.5 Å². The lowest BCUT2D eigenvalue weighted by molar-refractivity contribution is 0.0949.